The van der Waals surface area contributed by atoms with Gasteiger partial charge in [0.1, 0.15) is 4.88 Å². The van der Waals surface area contributed by atoms with Crippen LogP contribution in [0.15, 0.2) is 5.51 Å². The Morgan fingerprint density at radius 1 is 1.64 bits per heavy atom. The molecule has 0 bridgehead atoms. The van der Waals surface area contributed by atoms with Crippen LogP contribution in [0.4, 0.5) is 0 Å². The summed E-state index contributed by atoms with van der Waals surface area (Å²) in [5.74, 6) is -0.805. The molecule has 0 spiro atoms. The van der Waals surface area contributed by atoms with Crippen LogP contribution in [0.3, 0.4) is 0 Å². The second kappa shape index (κ2) is 3.14. The molecule has 0 aromatic carbocycles. The minimum Gasteiger partial charge on any atom is -0.476 e. The monoisotopic (exact) mass is 211 g/mol. The minimum atomic E-state index is -1.09. The maximum absolute atomic E-state index is 10.7. The summed E-state index contributed by atoms with van der Waals surface area (Å²) in [5.41, 5.74) is 1.40. The lowest BCUT2D eigenvalue weighted by atomic mass is 10.3. The Morgan fingerprint density at radius 2 is 2.43 bits per heavy atom. The molecule has 0 aliphatic carbocycles. The molecule has 7 nitrogen and oxygen atoms in total. The highest BCUT2D eigenvalue weighted by atomic mass is 32.1. The molecule has 2 aromatic rings. The van der Waals surface area contributed by atoms with Gasteiger partial charge in [-0.2, -0.15) is 4.80 Å². The number of hydrogen-bond donors (Lipinski definition) is 1. The van der Waals surface area contributed by atoms with Crippen LogP contribution in [-0.2, 0) is 7.05 Å². The average molecular weight is 211 g/mol. The van der Waals surface area contributed by atoms with Crippen molar-refractivity contribution < 1.29 is 9.90 Å². The Labute approximate surface area is 82.0 Å². The normalized spacial score (nSPS) is 10.4. The van der Waals surface area contributed by atoms with E-state index in [2.05, 4.69) is 20.4 Å². The van der Waals surface area contributed by atoms with Gasteiger partial charge >= 0.3 is 5.97 Å². The van der Waals surface area contributed by atoms with Gasteiger partial charge in [0.05, 0.1) is 12.6 Å². The summed E-state index contributed by atoms with van der Waals surface area (Å²) in [5, 5.41) is 20.0. The molecule has 72 valence electrons. The molecule has 0 saturated carbocycles. The van der Waals surface area contributed by atoms with E-state index in [1.54, 1.807) is 7.05 Å². The Kier molecular flexibility index (Phi) is 1.97. The van der Waals surface area contributed by atoms with Gasteiger partial charge < -0.3 is 5.11 Å². The molecular formula is C6H5N5O2S. The third-order valence-corrected chi connectivity index (χ3v) is 2.30. The van der Waals surface area contributed by atoms with E-state index in [0.29, 0.717) is 4.88 Å². The highest BCUT2D eigenvalue weighted by Gasteiger charge is 2.18. The van der Waals surface area contributed by atoms with Gasteiger partial charge in [-0.05, 0) is 5.21 Å². The van der Waals surface area contributed by atoms with E-state index in [4.69, 9.17) is 5.11 Å². The van der Waals surface area contributed by atoms with Crippen LogP contribution in [-0.4, -0.2) is 36.3 Å². The molecule has 2 rings (SSSR count). The molecular weight excluding hydrogens is 206 g/mol. The number of tetrazole rings is 1. The molecule has 0 amide bonds. The maximum atomic E-state index is 10.7. The number of carboxylic acid groups (broad SMARTS) is 1. The van der Waals surface area contributed by atoms with Crippen molar-refractivity contribution in [2.45, 2.75) is 0 Å². The Hall–Kier alpha value is -1.83. The van der Waals surface area contributed by atoms with Crippen LogP contribution in [0.5, 0.6) is 0 Å². The first-order valence-electron chi connectivity index (χ1n) is 3.59. The largest absolute Gasteiger partial charge is 0.476 e. The Balaban J connectivity index is 2.51. The van der Waals surface area contributed by atoms with Gasteiger partial charge in [0, 0.05) is 0 Å². The quantitative estimate of drug-likeness (QED) is 0.753. The topological polar surface area (TPSA) is 93.8 Å². The number of carboxylic acids is 1. The van der Waals surface area contributed by atoms with Crippen molar-refractivity contribution in [3.8, 4) is 10.7 Å². The van der Waals surface area contributed by atoms with Crippen molar-refractivity contribution in [1.29, 1.82) is 0 Å². The van der Waals surface area contributed by atoms with Gasteiger partial charge in [0.15, 0.2) is 5.69 Å². The summed E-state index contributed by atoms with van der Waals surface area (Å²) in [6, 6.07) is 0. The van der Waals surface area contributed by atoms with Crippen molar-refractivity contribution in [2.24, 2.45) is 7.05 Å². The van der Waals surface area contributed by atoms with Crippen LogP contribution in [0, 0.1) is 0 Å². The predicted molar refractivity (Wildman–Crippen MR) is 46.9 cm³/mol. The Bertz CT molecular complexity index is 476. The van der Waals surface area contributed by atoms with Crippen LogP contribution < -0.4 is 0 Å². The van der Waals surface area contributed by atoms with Gasteiger partial charge in [-0.3, -0.25) is 0 Å². The van der Waals surface area contributed by atoms with E-state index < -0.39 is 5.97 Å². The zero-order valence-electron chi connectivity index (χ0n) is 7.08. The SMILES string of the molecule is Cn1nnc(-c2scnc2C(=O)O)n1. The van der Waals surface area contributed by atoms with Crippen LogP contribution in [0.1, 0.15) is 10.5 Å². The number of aromatic nitrogens is 5. The second-order valence-electron chi connectivity index (χ2n) is 2.44. The first-order chi connectivity index (χ1) is 6.68. The lowest BCUT2D eigenvalue weighted by Crippen LogP contribution is -1.99. The van der Waals surface area contributed by atoms with Crippen molar-refractivity contribution in [3.63, 3.8) is 0 Å². The Morgan fingerprint density at radius 3 is 3.00 bits per heavy atom. The highest BCUT2D eigenvalue weighted by Crippen LogP contribution is 2.23. The number of thiazole rings is 1. The lowest BCUT2D eigenvalue weighted by Gasteiger charge is -1.89. The third-order valence-electron chi connectivity index (χ3n) is 1.48. The van der Waals surface area contributed by atoms with E-state index in [-0.39, 0.29) is 11.5 Å². The van der Waals surface area contributed by atoms with Crippen molar-refractivity contribution >= 4 is 17.3 Å². The number of aryl methyl sites for hydroxylation is 1. The predicted octanol–water partition coefficient (Wildman–Crippen LogP) is 0.0318. The highest BCUT2D eigenvalue weighted by molar-refractivity contribution is 7.13. The van der Waals surface area contributed by atoms with Crippen LogP contribution in [0.2, 0.25) is 0 Å². The van der Waals surface area contributed by atoms with Crippen molar-refractivity contribution in [1.82, 2.24) is 25.2 Å². The summed E-state index contributed by atoms with van der Waals surface area (Å²) in [6.45, 7) is 0. The fraction of sp³-hybridized carbons (Fsp3) is 0.167. The summed E-state index contributed by atoms with van der Waals surface area (Å²) >= 11 is 1.17. The van der Waals surface area contributed by atoms with Gasteiger partial charge in [0.25, 0.3) is 0 Å². The number of aromatic carboxylic acids is 1. The summed E-state index contributed by atoms with van der Waals surface area (Å²) in [6.07, 6.45) is 0. The molecule has 8 heteroatoms. The van der Waals surface area contributed by atoms with Gasteiger partial charge in [-0.1, -0.05) is 0 Å². The van der Waals surface area contributed by atoms with Crippen molar-refractivity contribution in [2.75, 3.05) is 0 Å². The number of rotatable bonds is 2. The fourth-order valence-electron chi connectivity index (χ4n) is 0.932. The van der Waals surface area contributed by atoms with E-state index in [1.165, 1.54) is 21.6 Å². The maximum Gasteiger partial charge on any atom is 0.356 e. The molecule has 0 aliphatic rings. The number of hydrogen-bond acceptors (Lipinski definition) is 6. The molecule has 0 saturated heterocycles. The molecule has 0 aliphatic heterocycles. The minimum absolute atomic E-state index is 0.0389. The standard InChI is InChI=1S/C6H5N5O2S/c1-11-9-5(8-10-11)4-3(6(12)13)7-2-14-4/h2H,1H3,(H,12,13). The molecule has 1 N–H and O–H groups in total. The van der Waals surface area contributed by atoms with E-state index >= 15 is 0 Å². The van der Waals surface area contributed by atoms with E-state index in [1.807, 2.05) is 0 Å². The van der Waals surface area contributed by atoms with E-state index in [0.717, 1.165) is 0 Å². The lowest BCUT2D eigenvalue weighted by molar-refractivity contribution is 0.0692. The van der Waals surface area contributed by atoms with Gasteiger partial charge in [-0.15, -0.1) is 21.5 Å². The first-order valence-corrected chi connectivity index (χ1v) is 4.47. The van der Waals surface area contributed by atoms with E-state index in [9.17, 15) is 4.79 Å². The fourth-order valence-corrected chi connectivity index (χ4v) is 1.63. The second-order valence-corrected chi connectivity index (χ2v) is 3.29. The van der Waals surface area contributed by atoms with Crippen molar-refractivity contribution in [3.05, 3.63) is 11.2 Å². The zero-order chi connectivity index (χ0) is 10.1. The zero-order valence-corrected chi connectivity index (χ0v) is 7.89. The molecule has 0 atom stereocenters. The third kappa shape index (κ3) is 1.35. The molecule has 0 fully saturated rings. The van der Waals surface area contributed by atoms with Gasteiger partial charge in [-0.25, -0.2) is 9.78 Å². The molecule has 14 heavy (non-hydrogen) atoms. The number of carbonyl (C=O) groups is 1. The summed E-state index contributed by atoms with van der Waals surface area (Å²) in [7, 11) is 1.61. The van der Waals surface area contributed by atoms with Crippen LogP contribution >= 0.6 is 11.3 Å². The smallest absolute Gasteiger partial charge is 0.356 e. The molecule has 2 heterocycles. The first kappa shape index (κ1) is 8.75. The molecule has 0 radical (unpaired) electrons. The summed E-state index contributed by atoms with van der Waals surface area (Å²) in [4.78, 5) is 16.1. The average Bonchev–Trinajstić information content (AvgIpc) is 2.70. The molecule has 2 aromatic heterocycles. The summed E-state index contributed by atoms with van der Waals surface area (Å²) < 4.78 is 0. The van der Waals surface area contributed by atoms with Crippen LogP contribution in [0.25, 0.3) is 10.7 Å². The van der Waals surface area contributed by atoms with Gasteiger partial charge in [0.2, 0.25) is 5.82 Å². The molecule has 0 unspecified atom stereocenters. The number of nitrogens with zero attached hydrogens (tertiary/aromatic N) is 5.